The standard InChI is InChI=1S/C38H47N7O4/c1-23(2)20-33(46)44-18-6-8-31(44)35-40-21-29(42-35)27-14-10-25(11-15-27)26-12-16-28(17-13-26)30-22-41-36(43-30)32-9-7-19-45(32)37(47)34(24(3)4)49-38(48)39-5/h10-17,21-24,31-32,34H,6-9,18-20H2,1-5H3,(H,39,48)(H,40,42)(H,41,43)/t31-,32-,34-/m0/s1. The highest BCUT2D eigenvalue weighted by Gasteiger charge is 2.38. The van der Waals surface area contributed by atoms with Crippen LogP contribution in [0.25, 0.3) is 33.6 Å². The summed E-state index contributed by atoms with van der Waals surface area (Å²) >= 11 is 0. The fourth-order valence-electron chi connectivity index (χ4n) is 6.93. The number of aromatic amines is 2. The van der Waals surface area contributed by atoms with E-state index in [1.165, 1.54) is 7.05 Å². The number of rotatable bonds is 10. The third kappa shape index (κ3) is 7.40. The predicted octanol–water partition coefficient (Wildman–Crippen LogP) is 6.89. The van der Waals surface area contributed by atoms with Crippen molar-refractivity contribution in [1.82, 2.24) is 35.1 Å². The van der Waals surface area contributed by atoms with E-state index in [1.54, 1.807) is 4.90 Å². The van der Waals surface area contributed by atoms with Crippen molar-refractivity contribution >= 4 is 17.9 Å². The highest BCUT2D eigenvalue weighted by Crippen LogP contribution is 2.35. The zero-order chi connectivity index (χ0) is 34.7. The van der Waals surface area contributed by atoms with Gasteiger partial charge in [-0.3, -0.25) is 9.59 Å². The Labute approximate surface area is 287 Å². The minimum absolute atomic E-state index is 0.00966. The highest BCUT2D eigenvalue weighted by molar-refractivity contribution is 5.84. The van der Waals surface area contributed by atoms with Gasteiger partial charge in [0.1, 0.15) is 11.6 Å². The second-order valence-corrected chi connectivity index (χ2v) is 13.9. The summed E-state index contributed by atoms with van der Waals surface area (Å²) < 4.78 is 5.42. The molecule has 0 saturated carbocycles. The maximum atomic E-state index is 13.5. The Morgan fingerprint density at radius 1 is 0.776 bits per heavy atom. The molecule has 4 heterocycles. The van der Waals surface area contributed by atoms with E-state index in [0.29, 0.717) is 18.9 Å². The van der Waals surface area contributed by atoms with Crippen LogP contribution in [0.2, 0.25) is 0 Å². The predicted molar refractivity (Wildman–Crippen MR) is 188 cm³/mol. The number of carbonyl (C=O) groups excluding carboxylic acids is 3. The maximum Gasteiger partial charge on any atom is 0.407 e. The number of nitrogens with one attached hydrogen (secondary N) is 3. The number of nitrogens with zero attached hydrogens (tertiary/aromatic N) is 4. The third-order valence-electron chi connectivity index (χ3n) is 9.53. The second-order valence-electron chi connectivity index (χ2n) is 13.9. The van der Waals surface area contributed by atoms with Gasteiger partial charge in [-0.05, 0) is 59.8 Å². The molecule has 4 aromatic rings. The first-order valence-electron chi connectivity index (χ1n) is 17.4. The van der Waals surface area contributed by atoms with E-state index in [-0.39, 0.29) is 29.8 Å². The number of benzene rings is 2. The lowest BCUT2D eigenvalue weighted by Gasteiger charge is -2.29. The summed E-state index contributed by atoms with van der Waals surface area (Å²) in [5.74, 6) is 1.77. The van der Waals surface area contributed by atoms with Crippen molar-refractivity contribution in [3.8, 4) is 33.6 Å². The first-order chi connectivity index (χ1) is 23.6. The van der Waals surface area contributed by atoms with Gasteiger partial charge in [0.25, 0.3) is 5.91 Å². The van der Waals surface area contributed by atoms with Crippen LogP contribution in [0.5, 0.6) is 0 Å². The normalized spacial score (nSPS) is 18.3. The van der Waals surface area contributed by atoms with Crippen molar-refractivity contribution < 1.29 is 19.1 Å². The Bertz CT molecular complexity index is 1760. The van der Waals surface area contributed by atoms with Gasteiger partial charge in [-0.1, -0.05) is 76.2 Å². The molecule has 3 atom stereocenters. The Balaban J connectivity index is 1.11. The third-order valence-corrected chi connectivity index (χ3v) is 9.53. The van der Waals surface area contributed by atoms with Crippen LogP contribution < -0.4 is 5.32 Å². The number of alkyl carbamates (subject to hydrolysis) is 1. The molecule has 0 aliphatic carbocycles. The van der Waals surface area contributed by atoms with Gasteiger partial charge < -0.3 is 29.8 Å². The van der Waals surface area contributed by atoms with E-state index in [1.807, 2.05) is 31.1 Å². The Kier molecular flexibility index (Phi) is 10.2. The van der Waals surface area contributed by atoms with Gasteiger partial charge in [0.2, 0.25) is 5.91 Å². The zero-order valence-electron chi connectivity index (χ0n) is 29.0. The van der Waals surface area contributed by atoms with Crippen molar-refractivity contribution in [2.24, 2.45) is 11.8 Å². The van der Waals surface area contributed by atoms with Crippen molar-refractivity contribution in [2.45, 2.75) is 78.0 Å². The van der Waals surface area contributed by atoms with Gasteiger partial charge in [0.15, 0.2) is 6.10 Å². The lowest BCUT2D eigenvalue weighted by molar-refractivity contribution is -0.143. The monoisotopic (exact) mass is 665 g/mol. The average molecular weight is 666 g/mol. The molecular formula is C38H47N7O4. The Hall–Kier alpha value is -4.93. The number of hydrogen-bond acceptors (Lipinski definition) is 6. The molecule has 3 N–H and O–H groups in total. The minimum Gasteiger partial charge on any atom is -0.436 e. The topological polar surface area (TPSA) is 136 Å². The second kappa shape index (κ2) is 14.7. The summed E-state index contributed by atoms with van der Waals surface area (Å²) in [5.41, 5.74) is 6.04. The lowest BCUT2D eigenvalue weighted by atomic mass is 10.0. The molecule has 11 heteroatoms. The van der Waals surface area contributed by atoms with E-state index in [0.717, 1.165) is 77.5 Å². The SMILES string of the molecule is CNC(=O)O[C@H](C(=O)N1CCC[C@H]1c1ncc(-c2ccc(-c3ccc(-c4cnc([C@@H]5CCCN5C(=O)CC(C)C)[nH]4)cc3)cc2)[nH]1)C(C)C. The van der Waals surface area contributed by atoms with Crippen LogP contribution in [0.1, 0.15) is 83.5 Å². The fraction of sp³-hybridized carbons (Fsp3) is 0.447. The van der Waals surface area contributed by atoms with Crippen molar-refractivity contribution in [3.63, 3.8) is 0 Å². The molecule has 2 fully saturated rings. The molecule has 0 spiro atoms. The van der Waals surface area contributed by atoms with Crippen LogP contribution in [-0.2, 0) is 14.3 Å². The van der Waals surface area contributed by atoms with Gasteiger partial charge in [0.05, 0.1) is 35.9 Å². The fourth-order valence-corrected chi connectivity index (χ4v) is 6.93. The molecule has 0 unspecified atom stereocenters. The molecule has 2 aliphatic heterocycles. The summed E-state index contributed by atoms with van der Waals surface area (Å²) in [6.45, 7) is 9.28. The van der Waals surface area contributed by atoms with Gasteiger partial charge >= 0.3 is 6.09 Å². The van der Waals surface area contributed by atoms with Crippen LogP contribution in [0.3, 0.4) is 0 Å². The Morgan fingerprint density at radius 3 is 1.71 bits per heavy atom. The molecule has 49 heavy (non-hydrogen) atoms. The number of aromatic nitrogens is 4. The van der Waals surface area contributed by atoms with Crippen molar-refractivity contribution in [2.75, 3.05) is 20.1 Å². The molecule has 11 nitrogen and oxygen atoms in total. The summed E-state index contributed by atoms with van der Waals surface area (Å²) in [4.78, 5) is 58.2. The quantitative estimate of drug-likeness (QED) is 0.169. The van der Waals surface area contributed by atoms with E-state index >= 15 is 0 Å². The van der Waals surface area contributed by atoms with Crippen molar-refractivity contribution in [1.29, 1.82) is 0 Å². The lowest BCUT2D eigenvalue weighted by Crippen LogP contribution is -2.45. The molecule has 2 aromatic heterocycles. The number of imidazole rings is 2. The van der Waals surface area contributed by atoms with E-state index in [4.69, 9.17) is 4.74 Å². The smallest absolute Gasteiger partial charge is 0.407 e. The molecule has 6 rings (SSSR count). The van der Waals surface area contributed by atoms with Gasteiger partial charge in [-0.15, -0.1) is 0 Å². The minimum atomic E-state index is -0.859. The number of amides is 3. The highest BCUT2D eigenvalue weighted by atomic mass is 16.6. The van der Waals surface area contributed by atoms with E-state index < -0.39 is 12.2 Å². The van der Waals surface area contributed by atoms with Crippen molar-refractivity contribution in [3.05, 3.63) is 72.6 Å². The summed E-state index contributed by atoms with van der Waals surface area (Å²) in [5, 5.41) is 2.44. The van der Waals surface area contributed by atoms with Crippen LogP contribution in [0, 0.1) is 11.8 Å². The van der Waals surface area contributed by atoms with Crippen LogP contribution in [0.4, 0.5) is 4.79 Å². The molecule has 2 aliphatic rings. The first-order valence-corrected chi connectivity index (χ1v) is 17.4. The first kappa shape index (κ1) is 34.0. The maximum absolute atomic E-state index is 13.5. The summed E-state index contributed by atoms with van der Waals surface area (Å²) in [6.07, 6.45) is 6.33. The van der Waals surface area contributed by atoms with Gasteiger partial charge in [-0.2, -0.15) is 0 Å². The van der Waals surface area contributed by atoms with Crippen LogP contribution >= 0.6 is 0 Å². The molecule has 2 aromatic carbocycles. The molecule has 2 saturated heterocycles. The molecular weight excluding hydrogens is 618 g/mol. The van der Waals surface area contributed by atoms with Crippen LogP contribution in [0.15, 0.2) is 60.9 Å². The Morgan fingerprint density at radius 2 is 1.24 bits per heavy atom. The number of likely N-dealkylation sites (tertiary alicyclic amines) is 2. The largest absolute Gasteiger partial charge is 0.436 e. The number of H-pyrrole nitrogens is 2. The molecule has 0 bridgehead atoms. The van der Waals surface area contributed by atoms with Gasteiger partial charge in [-0.25, -0.2) is 14.8 Å². The number of ether oxygens (including phenoxy) is 1. The molecule has 3 amide bonds. The summed E-state index contributed by atoms with van der Waals surface area (Å²) in [7, 11) is 1.48. The molecule has 258 valence electrons. The average Bonchev–Trinajstić information content (AvgIpc) is 3.93. The van der Waals surface area contributed by atoms with Gasteiger partial charge in [0, 0.05) is 26.6 Å². The molecule has 0 radical (unpaired) electrons. The number of hydrogen-bond donors (Lipinski definition) is 3. The number of carbonyl (C=O) groups is 3. The zero-order valence-corrected chi connectivity index (χ0v) is 29.0. The van der Waals surface area contributed by atoms with Crippen LogP contribution in [-0.4, -0.2) is 73.9 Å². The van der Waals surface area contributed by atoms with E-state index in [9.17, 15) is 14.4 Å². The summed E-state index contributed by atoms with van der Waals surface area (Å²) in [6, 6.07) is 16.5. The van der Waals surface area contributed by atoms with E-state index in [2.05, 4.69) is 87.6 Å².